The molecular formula is C31H36ClN5O5. The molecule has 222 valence electrons. The van der Waals surface area contributed by atoms with Gasteiger partial charge in [-0.15, -0.1) is 5.10 Å². The summed E-state index contributed by atoms with van der Waals surface area (Å²) < 4.78 is 12.1. The summed E-state index contributed by atoms with van der Waals surface area (Å²) in [6, 6.07) is 12.3. The van der Waals surface area contributed by atoms with Gasteiger partial charge in [-0.3, -0.25) is 4.79 Å². The summed E-state index contributed by atoms with van der Waals surface area (Å²) in [5.74, 6) is -0.699. The Kier molecular flexibility index (Phi) is 8.55. The zero-order valence-corrected chi connectivity index (χ0v) is 25.7. The predicted molar refractivity (Wildman–Crippen MR) is 160 cm³/mol. The molecule has 2 heterocycles. The van der Waals surface area contributed by atoms with Crippen molar-refractivity contribution in [2.75, 3.05) is 11.9 Å². The first-order chi connectivity index (χ1) is 19.6. The van der Waals surface area contributed by atoms with Crippen molar-refractivity contribution < 1.29 is 23.9 Å². The van der Waals surface area contributed by atoms with E-state index in [1.54, 1.807) is 75.9 Å². The maximum Gasteiger partial charge on any atom is 0.435 e. The van der Waals surface area contributed by atoms with Crippen molar-refractivity contribution in [1.82, 2.24) is 14.7 Å². The highest BCUT2D eigenvalue weighted by atomic mass is 35.5. The molecule has 1 saturated heterocycles. The van der Waals surface area contributed by atoms with Crippen LogP contribution in [0.5, 0.6) is 0 Å². The summed E-state index contributed by atoms with van der Waals surface area (Å²) in [6.07, 6.45) is -0.405. The summed E-state index contributed by atoms with van der Waals surface area (Å²) in [7, 11) is 0. The number of nitrogens with zero attached hydrogens (tertiary/aromatic N) is 4. The molecule has 0 bridgehead atoms. The summed E-state index contributed by atoms with van der Waals surface area (Å²) in [4.78, 5) is 41.1. The number of carbonyl (C=O) groups is 3. The quantitative estimate of drug-likeness (QED) is 0.345. The van der Waals surface area contributed by atoms with Gasteiger partial charge >= 0.3 is 12.2 Å². The second-order valence-corrected chi connectivity index (χ2v) is 12.8. The molecule has 0 radical (unpaired) electrons. The Morgan fingerprint density at radius 3 is 2.50 bits per heavy atom. The highest BCUT2D eigenvalue weighted by molar-refractivity contribution is 6.33. The summed E-state index contributed by atoms with van der Waals surface area (Å²) in [5, 5.41) is 17.6. The third kappa shape index (κ3) is 6.68. The number of hydrogen-bond donors (Lipinski definition) is 1. The van der Waals surface area contributed by atoms with Gasteiger partial charge in [-0.1, -0.05) is 17.7 Å². The lowest BCUT2D eigenvalue weighted by Gasteiger charge is -2.45. The molecule has 10 nitrogen and oxygen atoms in total. The van der Waals surface area contributed by atoms with Gasteiger partial charge in [0.1, 0.15) is 5.60 Å². The summed E-state index contributed by atoms with van der Waals surface area (Å²) >= 11 is 6.46. The van der Waals surface area contributed by atoms with E-state index in [-0.39, 0.29) is 24.4 Å². The first-order valence-electron chi connectivity index (χ1n) is 13.8. The molecule has 0 unspecified atom stereocenters. The number of aromatic nitrogens is 2. The molecule has 2 amide bonds. The summed E-state index contributed by atoms with van der Waals surface area (Å²) in [5.41, 5.74) is 0.996. The number of benzene rings is 2. The van der Waals surface area contributed by atoms with Crippen LogP contribution >= 0.6 is 11.6 Å². The van der Waals surface area contributed by atoms with Crippen LogP contribution in [0.25, 0.3) is 22.0 Å². The second kappa shape index (κ2) is 11.6. The van der Waals surface area contributed by atoms with E-state index in [9.17, 15) is 19.6 Å². The van der Waals surface area contributed by atoms with Gasteiger partial charge in [0.2, 0.25) is 5.91 Å². The van der Waals surface area contributed by atoms with Crippen molar-refractivity contribution >= 4 is 46.4 Å². The molecule has 1 aliphatic heterocycles. The van der Waals surface area contributed by atoms with Crippen molar-refractivity contribution in [2.45, 2.75) is 78.6 Å². The number of fused-ring (bicyclic) bond motifs is 1. The van der Waals surface area contributed by atoms with Gasteiger partial charge in [-0.25, -0.2) is 9.59 Å². The van der Waals surface area contributed by atoms with E-state index in [4.69, 9.17) is 21.1 Å². The molecule has 4 rings (SSSR count). The second-order valence-electron chi connectivity index (χ2n) is 12.4. The van der Waals surface area contributed by atoms with Crippen LogP contribution in [0.3, 0.4) is 0 Å². The largest absolute Gasteiger partial charge is 0.445 e. The highest BCUT2D eigenvalue weighted by Crippen LogP contribution is 2.35. The van der Waals surface area contributed by atoms with E-state index in [0.29, 0.717) is 45.5 Å². The zero-order valence-electron chi connectivity index (χ0n) is 24.9. The molecule has 1 N–H and O–H groups in total. The van der Waals surface area contributed by atoms with Crippen LogP contribution in [0, 0.1) is 17.2 Å². The fourth-order valence-electron chi connectivity index (χ4n) is 4.88. The van der Waals surface area contributed by atoms with Crippen molar-refractivity contribution in [3.63, 3.8) is 0 Å². The number of ether oxygens (including phenoxy) is 2. The number of likely N-dealkylation sites (tertiary alicyclic amines) is 1. The van der Waals surface area contributed by atoms with Crippen LogP contribution in [-0.4, -0.2) is 56.6 Å². The molecule has 1 aromatic heterocycles. The number of hydrogen-bond acceptors (Lipinski definition) is 7. The Balaban J connectivity index is 1.70. The summed E-state index contributed by atoms with van der Waals surface area (Å²) in [6.45, 7) is 12.9. The lowest BCUT2D eigenvalue weighted by molar-refractivity contribution is -0.122. The Morgan fingerprint density at radius 2 is 1.86 bits per heavy atom. The number of halogens is 1. The van der Waals surface area contributed by atoms with Gasteiger partial charge in [0.05, 0.1) is 29.2 Å². The molecule has 3 aromatic rings. The van der Waals surface area contributed by atoms with Crippen molar-refractivity contribution in [3.8, 4) is 17.2 Å². The van der Waals surface area contributed by atoms with E-state index in [1.807, 2.05) is 13.8 Å². The molecule has 1 aliphatic rings. The van der Waals surface area contributed by atoms with E-state index >= 15 is 0 Å². The van der Waals surface area contributed by atoms with Gasteiger partial charge in [0.15, 0.2) is 5.82 Å². The SMILES string of the molecule is CC(C)OC(=O)n1nc(NC(=O)[C@@H]2CCC(C)(C)N(C(=O)OC(C)(C)C)C2)c2cc(-c3cc(C#N)ccc3Cl)ccc21. The van der Waals surface area contributed by atoms with Gasteiger partial charge in [0.25, 0.3) is 0 Å². The van der Waals surface area contributed by atoms with Crippen LogP contribution in [0.15, 0.2) is 36.4 Å². The third-order valence-electron chi connectivity index (χ3n) is 7.06. The van der Waals surface area contributed by atoms with Crippen molar-refractivity contribution in [2.24, 2.45) is 5.92 Å². The molecule has 0 spiro atoms. The monoisotopic (exact) mass is 593 g/mol. The molecule has 0 aliphatic carbocycles. The molecular weight excluding hydrogens is 558 g/mol. The standard InChI is InChI=1S/C31H36ClN5O5/c1-18(2)41-29(40)37-25-11-9-20(22-14-19(16-33)8-10-24(22)32)15-23(25)26(35-37)34-27(38)21-12-13-31(6,7)36(17-21)28(39)42-30(3,4)5/h8-11,14-15,18,21H,12-13,17H2,1-7H3,(H,34,35,38)/t21-/m1/s1. The van der Waals surface area contributed by atoms with E-state index < -0.39 is 29.2 Å². The Labute approximate surface area is 250 Å². The van der Waals surface area contributed by atoms with E-state index in [1.165, 1.54) is 0 Å². The van der Waals surface area contributed by atoms with E-state index in [0.717, 1.165) is 4.68 Å². The maximum absolute atomic E-state index is 13.6. The Hall–Kier alpha value is -4.10. The van der Waals surface area contributed by atoms with Gasteiger partial charge in [-0.2, -0.15) is 9.94 Å². The van der Waals surface area contributed by atoms with Crippen molar-refractivity contribution in [1.29, 1.82) is 5.26 Å². The van der Waals surface area contributed by atoms with Crippen LogP contribution in [-0.2, 0) is 14.3 Å². The average molecular weight is 594 g/mol. The van der Waals surface area contributed by atoms with Gasteiger partial charge in [0, 0.05) is 28.1 Å². The van der Waals surface area contributed by atoms with Crippen LogP contribution in [0.4, 0.5) is 15.4 Å². The van der Waals surface area contributed by atoms with Crippen LogP contribution in [0.1, 0.15) is 66.9 Å². The molecule has 1 fully saturated rings. The molecule has 1 atom stereocenters. The minimum absolute atomic E-state index is 0.166. The number of piperidine rings is 1. The lowest BCUT2D eigenvalue weighted by atomic mass is 9.84. The first kappa shape index (κ1) is 30.8. The Morgan fingerprint density at radius 1 is 1.14 bits per heavy atom. The van der Waals surface area contributed by atoms with Gasteiger partial charge in [-0.05, 0) is 97.2 Å². The first-order valence-corrected chi connectivity index (χ1v) is 14.2. The van der Waals surface area contributed by atoms with E-state index in [2.05, 4.69) is 16.5 Å². The normalized spacial score (nSPS) is 16.7. The van der Waals surface area contributed by atoms with Crippen LogP contribution < -0.4 is 5.32 Å². The molecule has 11 heteroatoms. The minimum Gasteiger partial charge on any atom is -0.445 e. The minimum atomic E-state index is -0.691. The predicted octanol–water partition coefficient (Wildman–Crippen LogP) is 6.99. The fourth-order valence-corrected chi connectivity index (χ4v) is 5.10. The number of rotatable bonds is 4. The zero-order chi connectivity index (χ0) is 31.0. The maximum atomic E-state index is 13.6. The van der Waals surface area contributed by atoms with Gasteiger partial charge < -0.3 is 19.7 Å². The smallest absolute Gasteiger partial charge is 0.435 e. The number of anilines is 1. The molecule has 2 aromatic carbocycles. The number of nitrogens with one attached hydrogen (secondary N) is 1. The van der Waals surface area contributed by atoms with Crippen molar-refractivity contribution in [3.05, 3.63) is 47.0 Å². The number of carbonyl (C=O) groups excluding carboxylic acids is 3. The van der Waals surface area contributed by atoms with Crippen LogP contribution in [0.2, 0.25) is 5.02 Å². The third-order valence-corrected chi connectivity index (χ3v) is 7.39. The lowest BCUT2D eigenvalue weighted by Crippen LogP contribution is -2.56. The topological polar surface area (TPSA) is 127 Å². The molecule has 42 heavy (non-hydrogen) atoms. The number of nitriles is 1. The number of amides is 2. The highest BCUT2D eigenvalue weighted by Gasteiger charge is 2.41. The Bertz CT molecular complexity index is 1580. The average Bonchev–Trinajstić information content (AvgIpc) is 3.25. The fraction of sp³-hybridized carbons (Fsp3) is 0.452. The molecule has 0 saturated carbocycles.